The van der Waals surface area contributed by atoms with Crippen molar-refractivity contribution < 1.29 is 14.2 Å². The van der Waals surface area contributed by atoms with Crippen molar-refractivity contribution in [2.45, 2.75) is 58.2 Å². The molecule has 7 nitrogen and oxygen atoms in total. The first-order valence-corrected chi connectivity index (χ1v) is 10.3. The van der Waals surface area contributed by atoms with Crippen LogP contribution in [0.1, 0.15) is 54.6 Å². The molecular formula is C22H26N5O2+. The normalized spacial score (nSPS) is 21.6. The van der Waals surface area contributed by atoms with E-state index in [1.807, 2.05) is 42.0 Å². The molecule has 0 spiro atoms. The van der Waals surface area contributed by atoms with Gasteiger partial charge in [-0.3, -0.25) is 14.6 Å². The lowest BCUT2D eigenvalue weighted by Gasteiger charge is -2.33. The van der Waals surface area contributed by atoms with E-state index < -0.39 is 6.04 Å². The second-order valence-electron chi connectivity index (χ2n) is 8.41. The number of hydrogen-bond donors (Lipinski definition) is 0. The molecule has 1 aliphatic carbocycles. The molecule has 3 amide bonds. The van der Waals surface area contributed by atoms with Crippen LogP contribution in [-0.2, 0) is 11.3 Å². The molecule has 2 fully saturated rings. The number of aliphatic imine (C=N–C) groups is 1. The zero-order valence-electron chi connectivity index (χ0n) is 17.1. The summed E-state index contributed by atoms with van der Waals surface area (Å²) >= 11 is 0. The van der Waals surface area contributed by atoms with Crippen LogP contribution in [0.2, 0.25) is 0 Å². The number of amidine groups is 1. The highest BCUT2D eigenvalue weighted by molar-refractivity contribution is 6.19. The Bertz CT molecular complexity index is 1030. The molecule has 3 aliphatic rings. The highest BCUT2D eigenvalue weighted by Crippen LogP contribution is 2.37. The highest BCUT2D eigenvalue weighted by Gasteiger charge is 2.53. The predicted molar refractivity (Wildman–Crippen MR) is 108 cm³/mol. The van der Waals surface area contributed by atoms with Gasteiger partial charge < -0.3 is 0 Å². The monoisotopic (exact) mass is 392 g/mol. The molecule has 29 heavy (non-hydrogen) atoms. The van der Waals surface area contributed by atoms with Crippen molar-refractivity contribution in [3.63, 3.8) is 0 Å². The first kappa shape index (κ1) is 18.1. The van der Waals surface area contributed by atoms with Crippen LogP contribution >= 0.6 is 0 Å². The van der Waals surface area contributed by atoms with Crippen molar-refractivity contribution in [3.8, 4) is 0 Å². The summed E-state index contributed by atoms with van der Waals surface area (Å²) in [6.07, 6.45) is 6.74. The predicted octanol–water partition coefficient (Wildman–Crippen LogP) is 3.19. The van der Waals surface area contributed by atoms with Crippen molar-refractivity contribution in [1.29, 1.82) is 0 Å². The Morgan fingerprint density at radius 3 is 2.48 bits per heavy atom. The second kappa shape index (κ2) is 6.54. The largest absolute Gasteiger partial charge is 0.402 e. The lowest BCUT2D eigenvalue weighted by Crippen LogP contribution is -2.62. The van der Waals surface area contributed by atoms with E-state index in [4.69, 9.17) is 4.99 Å². The number of urea groups is 1. The standard InChI is InChI=1S/C22H26N5O2/c1-14-8-10-16(11-9-14)13-26-20(28)18-19(24(3)22(26)29)23-21-25(18)12-15(2)27(21)17-6-4-5-7-17/h8-12,17-18H,4-7,13H2,1-3H3/q+1. The minimum Gasteiger partial charge on any atom is -0.270 e. The number of imidazole rings is 1. The SMILES string of the molecule is Cc1ccc(CN2C(=O)C3C(=Nc4n(C5CCCC5)c(C)c[n+]43)N(C)C2=O)cc1. The lowest BCUT2D eigenvalue weighted by molar-refractivity contribution is -0.677. The number of aromatic nitrogens is 2. The Labute approximate surface area is 170 Å². The third-order valence-electron chi connectivity index (χ3n) is 6.40. The Morgan fingerprint density at radius 1 is 1.10 bits per heavy atom. The molecular weight excluding hydrogens is 366 g/mol. The third-order valence-corrected chi connectivity index (χ3v) is 6.40. The van der Waals surface area contributed by atoms with E-state index >= 15 is 0 Å². The molecule has 5 rings (SSSR count). The molecule has 0 N–H and O–H groups in total. The third kappa shape index (κ3) is 2.71. The van der Waals surface area contributed by atoms with Gasteiger partial charge in [0.05, 0.1) is 12.6 Å². The first-order valence-electron chi connectivity index (χ1n) is 10.3. The summed E-state index contributed by atoms with van der Waals surface area (Å²) < 4.78 is 4.21. The van der Waals surface area contributed by atoms with Crippen molar-refractivity contribution in [3.05, 3.63) is 47.3 Å². The van der Waals surface area contributed by atoms with Gasteiger partial charge >= 0.3 is 12.0 Å². The maximum absolute atomic E-state index is 13.4. The molecule has 0 bridgehead atoms. The fourth-order valence-electron chi connectivity index (χ4n) is 4.84. The molecule has 7 heteroatoms. The minimum absolute atomic E-state index is 0.209. The number of benzene rings is 1. The number of aryl methyl sites for hydroxylation is 2. The molecule has 1 aromatic heterocycles. The number of amides is 3. The summed E-state index contributed by atoms with van der Waals surface area (Å²) in [6.45, 7) is 4.36. The maximum atomic E-state index is 13.4. The van der Waals surface area contributed by atoms with Gasteiger partial charge in [0.25, 0.3) is 5.91 Å². The van der Waals surface area contributed by atoms with Gasteiger partial charge in [0.2, 0.25) is 11.9 Å². The highest BCUT2D eigenvalue weighted by atomic mass is 16.2. The van der Waals surface area contributed by atoms with E-state index in [0.29, 0.717) is 11.9 Å². The van der Waals surface area contributed by atoms with Gasteiger partial charge in [0.15, 0.2) is 0 Å². The van der Waals surface area contributed by atoms with Crippen LogP contribution in [0.4, 0.5) is 10.7 Å². The van der Waals surface area contributed by atoms with E-state index in [1.54, 1.807) is 7.05 Å². The fourth-order valence-corrected chi connectivity index (χ4v) is 4.84. The van der Waals surface area contributed by atoms with Crippen molar-refractivity contribution in [1.82, 2.24) is 14.4 Å². The van der Waals surface area contributed by atoms with Crippen LogP contribution in [0.25, 0.3) is 0 Å². The minimum atomic E-state index is -0.570. The molecule has 1 aromatic carbocycles. The first-order chi connectivity index (χ1) is 14.0. The number of imide groups is 1. The number of likely N-dealkylation sites (N-methyl/N-ethyl adjacent to an activating group) is 1. The number of carbonyl (C=O) groups excluding carboxylic acids is 2. The van der Waals surface area contributed by atoms with E-state index in [1.165, 1.54) is 22.6 Å². The number of rotatable bonds is 3. The van der Waals surface area contributed by atoms with Gasteiger partial charge in [-0.25, -0.2) is 13.9 Å². The van der Waals surface area contributed by atoms with Crippen molar-refractivity contribution in [2.24, 2.45) is 4.99 Å². The molecule has 1 saturated carbocycles. The topological polar surface area (TPSA) is 61.8 Å². The molecule has 0 radical (unpaired) electrons. The van der Waals surface area contributed by atoms with E-state index in [2.05, 4.69) is 11.5 Å². The van der Waals surface area contributed by atoms with Crippen molar-refractivity contribution >= 4 is 23.7 Å². The van der Waals surface area contributed by atoms with Crippen LogP contribution in [0.15, 0.2) is 35.5 Å². The molecule has 150 valence electrons. The van der Waals surface area contributed by atoms with Gasteiger partial charge in [-0.2, -0.15) is 0 Å². The lowest BCUT2D eigenvalue weighted by atomic mass is 10.1. The molecule has 1 unspecified atom stereocenters. The average molecular weight is 392 g/mol. The van der Waals surface area contributed by atoms with Gasteiger partial charge in [0, 0.05) is 7.05 Å². The van der Waals surface area contributed by atoms with E-state index in [9.17, 15) is 9.59 Å². The number of nitrogens with zero attached hydrogens (tertiary/aromatic N) is 5. The quantitative estimate of drug-likeness (QED) is 0.753. The average Bonchev–Trinajstić information content (AvgIpc) is 3.40. The van der Waals surface area contributed by atoms with Crippen LogP contribution in [0, 0.1) is 13.8 Å². The summed E-state index contributed by atoms with van der Waals surface area (Å²) in [6, 6.07) is 7.47. The van der Waals surface area contributed by atoms with Gasteiger partial charge in [-0.1, -0.05) is 34.8 Å². The Kier molecular flexibility index (Phi) is 4.08. The van der Waals surface area contributed by atoms with Gasteiger partial charge in [0.1, 0.15) is 11.9 Å². The number of hydrogen-bond acceptors (Lipinski definition) is 3. The molecule has 1 saturated heterocycles. The van der Waals surface area contributed by atoms with E-state index in [0.717, 1.165) is 35.6 Å². The fraction of sp³-hybridized carbons (Fsp3) is 0.455. The van der Waals surface area contributed by atoms with Gasteiger partial charge in [-0.15, -0.1) is 0 Å². The van der Waals surface area contributed by atoms with Crippen LogP contribution in [0.5, 0.6) is 0 Å². The molecule has 2 aliphatic heterocycles. The summed E-state index contributed by atoms with van der Waals surface area (Å²) in [5.74, 6) is 1.11. The Hall–Kier alpha value is -2.96. The van der Waals surface area contributed by atoms with Gasteiger partial charge in [-0.05, 0) is 45.1 Å². The zero-order chi connectivity index (χ0) is 20.3. The molecule has 3 heterocycles. The number of carbonyl (C=O) groups is 2. The Morgan fingerprint density at radius 2 is 1.79 bits per heavy atom. The molecule has 2 aromatic rings. The van der Waals surface area contributed by atoms with Crippen LogP contribution in [-0.4, -0.2) is 39.2 Å². The smallest absolute Gasteiger partial charge is 0.270 e. The van der Waals surface area contributed by atoms with Crippen LogP contribution in [0.3, 0.4) is 0 Å². The summed E-state index contributed by atoms with van der Waals surface area (Å²) in [7, 11) is 1.71. The molecule has 1 atom stereocenters. The Balaban J connectivity index is 1.52. The van der Waals surface area contributed by atoms with Crippen molar-refractivity contribution in [2.75, 3.05) is 7.05 Å². The summed E-state index contributed by atoms with van der Waals surface area (Å²) in [5, 5.41) is 0. The summed E-state index contributed by atoms with van der Waals surface area (Å²) in [5.41, 5.74) is 3.21. The second-order valence-corrected chi connectivity index (χ2v) is 8.41. The summed E-state index contributed by atoms with van der Waals surface area (Å²) in [4.78, 5) is 34.0. The number of fused-ring (bicyclic) bond motifs is 3. The van der Waals surface area contributed by atoms with Crippen LogP contribution < -0.4 is 4.57 Å². The zero-order valence-corrected chi connectivity index (χ0v) is 17.1. The van der Waals surface area contributed by atoms with E-state index in [-0.39, 0.29) is 18.5 Å². The maximum Gasteiger partial charge on any atom is 0.402 e.